The molecule has 1 heterocycles. The summed E-state index contributed by atoms with van der Waals surface area (Å²) in [6.07, 6.45) is 0. The first-order chi connectivity index (χ1) is 18.9. The quantitative estimate of drug-likeness (QED) is 0.238. The molecule has 0 saturated carbocycles. The van der Waals surface area contributed by atoms with Gasteiger partial charge in [0.15, 0.2) is 0 Å². The maximum Gasteiger partial charge on any atom is 0.283 e. The van der Waals surface area contributed by atoms with Crippen molar-refractivity contribution in [3.63, 3.8) is 0 Å². The van der Waals surface area contributed by atoms with Gasteiger partial charge in [0.2, 0.25) is 0 Å². The van der Waals surface area contributed by atoms with Crippen molar-refractivity contribution in [2.75, 3.05) is 15.5 Å². The molecule has 0 bridgehead atoms. The van der Waals surface area contributed by atoms with Gasteiger partial charge in [-0.2, -0.15) is 0 Å². The topological polar surface area (TPSA) is 87.7 Å². The number of carbonyl (C=O) groups excluding carboxylic acids is 3. The van der Waals surface area contributed by atoms with Crippen molar-refractivity contribution in [1.82, 2.24) is 0 Å². The van der Waals surface area contributed by atoms with E-state index < -0.39 is 11.8 Å². The molecule has 5 rings (SSSR count). The molecule has 1 aliphatic heterocycles. The van der Waals surface area contributed by atoms with Gasteiger partial charge in [0.25, 0.3) is 17.7 Å². The molecule has 4 aromatic rings. The molecule has 194 valence electrons. The first-order valence-electron chi connectivity index (χ1n) is 11.9. The molecule has 9 heteroatoms. The number of imide groups is 1. The first-order valence-corrected chi connectivity index (χ1v) is 12.6. The number of nitrogens with one attached hydrogen (secondary N) is 2. The zero-order valence-electron chi connectivity index (χ0n) is 20.4. The monoisotopic (exact) mass is 557 g/mol. The van der Waals surface area contributed by atoms with Gasteiger partial charge in [-0.3, -0.25) is 14.4 Å². The van der Waals surface area contributed by atoms with Crippen LogP contribution in [0.3, 0.4) is 0 Å². The van der Waals surface area contributed by atoms with Gasteiger partial charge in [0.05, 0.1) is 10.7 Å². The van der Waals surface area contributed by atoms with Crippen molar-refractivity contribution in [3.05, 3.63) is 130 Å². The van der Waals surface area contributed by atoms with E-state index in [0.717, 1.165) is 10.5 Å². The van der Waals surface area contributed by atoms with Crippen LogP contribution in [0.15, 0.2) is 114 Å². The maximum absolute atomic E-state index is 13.0. The number of benzene rings is 4. The molecule has 0 aliphatic carbocycles. The summed E-state index contributed by atoms with van der Waals surface area (Å²) in [6, 6.07) is 29.8. The Balaban J connectivity index is 1.20. The largest absolute Gasteiger partial charge is 0.489 e. The van der Waals surface area contributed by atoms with E-state index in [0.29, 0.717) is 29.3 Å². The fraction of sp³-hybridized carbons (Fsp3) is 0.0333. The molecule has 0 radical (unpaired) electrons. The van der Waals surface area contributed by atoms with Crippen LogP contribution < -0.4 is 20.3 Å². The summed E-state index contributed by atoms with van der Waals surface area (Å²) in [6.45, 7) is 0.451. The number of rotatable bonds is 8. The fourth-order valence-electron chi connectivity index (χ4n) is 3.89. The number of halogens is 2. The van der Waals surface area contributed by atoms with Crippen molar-refractivity contribution >= 4 is 58.0 Å². The summed E-state index contributed by atoms with van der Waals surface area (Å²) in [5.74, 6) is -0.928. The second-order valence-corrected chi connectivity index (χ2v) is 9.33. The van der Waals surface area contributed by atoms with Gasteiger partial charge in [-0.1, -0.05) is 65.7 Å². The Morgan fingerprint density at radius 1 is 0.744 bits per heavy atom. The minimum absolute atomic E-state index is 0.0756. The summed E-state index contributed by atoms with van der Waals surface area (Å²) in [5, 5.41) is 5.71. The summed E-state index contributed by atoms with van der Waals surface area (Å²) >= 11 is 12.4. The van der Waals surface area contributed by atoms with E-state index in [1.54, 1.807) is 72.8 Å². The first kappa shape index (κ1) is 26.0. The number of carbonyl (C=O) groups is 3. The summed E-state index contributed by atoms with van der Waals surface area (Å²) in [5.41, 5.74) is 2.72. The number of para-hydroxylation sites is 1. The Kier molecular flexibility index (Phi) is 7.63. The van der Waals surface area contributed by atoms with E-state index in [4.69, 9.17) is 27.9 Å². The predicted octanol–water partition coefficient (Wildman–Crippen LogP) is 6.61. The van der Waals surface area contributed by atoms with E-state index in [2.05, 4.69) is 10.6 Å². The van der Waals surface area contributed by atoms with E-state index in [-0.39, 0.29) is 27.3 Å². The van der Waals surface area contributed by atoms with Crippen LogP contribution >= 0.6 is 23.2 Å². The van der Waals surface area contributed by atoms with Gasteiger partial charge in [-0.05, 0) is 66.2 Å². The Morgan fingerprint density at radius 3 is 2.08 bits per heavy atom. The van der Waals surface area contributed by atoms with Gasteiger partial charge in [-0.25, -0.2) is 4.90 Å². The average Bonchev–Trinajstić information content (AvgIpc) is 3.16. The number of hydrogen-bond acceptors (Lipinski definition) is 5. The molecule has 3 amide bonds. The van der Waals surface area contributed by atoms with Crippen molar-refractivity contribution in [2.45, 2.75) is 6.61 Å². The minimum atomic E-state index is -0.676. The van der Waals surface area contributed by atoms with Crippen molar-refractivity contribution in [2.24, 2.45) is 0 Å². The molecule has 0 spiro atoms. The van der Waals surface area contributed by atoms with Crippen molar-refractivity contribution in [1.29, 1.82) is 0 Å². The number of hydrogen-bond donors (Lipinski definition) is 2. The smallest absolute Gasteiger partial charge is 0.283 e. The highest BCUT2D eigenvalue weighted by molar-refractivity contribution is 6.53. The summed E-state index contributed by atoms with van der Waals surface area (Å²) in [7, 11) is 0. The lowest BCUT2D eigenvalue weighted by atomic mass is 10.2. The lowest BCUT2D eigenvalue weighted by Crippen LogP contribution is -2.32. The molecule has 0 fully saturated rings. The molecule has 2 N–H and O–H groups in total. The minimum Gasteiger partial charge on any atom is -0.489 e. The van der Waals surface area contributed by atoms with Crippen LogP contribution in [0.1, 0.15) is 15.9 Å². The number of amides is 3. The second kappa shape index (κ2) is 11.4. The van der Waals surface area contributed by atoms with Crippen LogP contribution in [0.5, 0.6) is 5.75 Å². The van der Waals surface area contributed by atoms with E-state index in [9.17, 15) is 14.4 Å². The number of ether oxygens (including phenoxy) is 1. The molecule has 0 atom stereocenters. The molecular formula is C30H21Cl2N3O4. The van der Waals surface area contributed by atoms with Crippen molar-refractivity contribution < 1.29 is 19.1 Å². The molecular weight excluding hydrogens is 537 g/mol. The van der Waals surface area contributed by atoms with Gasteiger partial charge < -0.3 is 15.4 Å². The van der Waals surface area contributed by atoms with E-state index >= 15 is 0 Å². The SMILES string of the molecule is O=C(Nc1ccc(OCc2ccccc2)cc1)c1ccc(NC2=C(Cl)C(=O)N(c3ccccc3Cl)C2=O)cc1. The van der Waals surface area contributed by atoms with Gasteiger partial charge in [0, 0.05) is 16.9 Å². The van der Waals surface area contributed by atoms with Crippen LogP contribution in [0.4, 0.5) is 17.1 Å². The molecule has 4 aromatic carbocycles. The molecule has 0 aromatic heterocycles. The molecule has 7 nitrogen and oxygen atoms in total. The van der Waals surface area contributed by atoms with Crippen LogP contribution in [0.2, 0.25) is 5.02 Å². The Labute approximate surface area is 234 Å². The van der Waals surface area contributed by atoms with Crippen LogP contribution in [0, 0.1) is 0 Å². The second-order valence-electron chi connectivity index (χ2n) is 8.54. The predicted molar refractivity (Wildman–Crippen MR) is 152 cm³/mol. The third-order valence-electron chi connectivity index (χ3n) is 5.90. The lowest BCUT2D eigenvalue weighted by Gasteiger charge is -2.16. The number of nitrogens with zero attached hydrogens (tertiary/aromatic N) is 1. The van der Waals surface area contributed by atoms with E-state index in [1.807, 2.05) is 30.3 Å². The van der Waals surface area contributed by atoms with E-state index in [1.165, 1.54) is 0 Å². The molecule has 1 aliphatic rings. The number of anilines is 3. The van der Waals surface area contributed by atoms with Gasteiger partial charge in [0.1, 0.15) is 23.1 Å². The maximum atomic E-state index is 13.0. The van der Waals surface area contributed by atoms with Crippen LogP contribution in [-0.4, -0.2) is 17.7 Å². The standard InChI is InChI=1S/C30H21Cl2N3O4/c31-24-8-4-5-9-25(24)35-29(37)26(32)27(30(35)38)33-21-12-10-20(11-13-21)28(36)34-22-14-16-23(17-15-22)39-18-19-6-2-1-3-7-19/h1-17,33H,18H2,(H,34,36). The highest BCUT2D eigenvalue weighted by atomic mass is 35.5. The Hall–Kier alpha value is -4.59. The summed E-state index contributed by atoms with van der Waals surface area (Å²) < 4.78 is 5.78. The van der Waals surface area contributed by atoms with Crippen LogP contribution in [-0.2, 0) is 16.2 Å². The molecule has 39 heavy (non-hydrogen) atoms. The molecule has 0 saturated heterocycles. The highest BCUT2D eigenvalue weighted by Gasteiger charge is 2.39. The van der Waals surface area contributed by atoms with Crippen molar-refractivity contribution in [3.8, 4) is 5.75 Å². The fourth-order valence-corrected chi connectivity index (χ4v) is 4.32. The third-order valence-corrected chi connectivity index (χ3v) is 6.57. The summed E-state index contributed by atoms with van der Waals surface area (Å²) in [4.78, 5) is 39.3. The average molecular weight is 558 g/mol. The van der Waals surface area contributed by atoms with Gasteiger partial charge in [-0.15, -0.1) is 0 Å². The normalized spacial score (nSPS) is 13.0. The van der Waals surface area contributed by atoms with Gasteiger partial charge >= 0.3 is 0 Å². The lowest BCUT2D eigenvalue weighted by molar-refractivity contribution is -0.120. The van der Waals surface area contributed by atoms with Crippen LogP contribution in [0.25, 0.3) is 0 Å². The zero-order chi connectivity index (χ0) is 27.4. The Morgan fingerprint density at radius 2 is 1.38 bits per heavy atom. The highest BCUT2D eigenvalue weighted by Crippen LogP contribution is 2.34. The zero-order valence-corrected chi connectivity index (χ0v) is 21.9. The Bertz CT molecular complexity index is 1570. The molecule has 0 unspecified atom stereocenters. The third kappa shape index (κ3) is 5.80.